The van der Waals surface area contributed by atoms with Crippen LogP contribution in [-0.4, -0.2) is 35.6 Å². The first-order chi connectivity index (χ1) is 7.00. The number of carbonyl (C=O) groups is 2. The monoisotopic (exact) mass is 215 g/mol. The Morgan fingerprint density at radius 2 is 2.13 bits per heavy atom. The fraction of sp³-hybridized carbons (Fsp3) is 0.778. The molecule has 0 saturated heterocycles. The first-order valence-corrected chi connectivity index (χ1v) is 5.01. The van der Waals surface area contributed by atoms with E-state index in [1.54, 1.807) is 0 Å². The Balaban J connectivity index is 2.27. The van der Waals surface area contributed by atoms with E-state index in [1.165, 1.54) is 0 Å². The van der Waals surface area contributed by atoms with Gasteiger partial charge in [-0.1, -0.05) is 0 Å². The van der Waals surface area contributed by atoms with Crippen molar-refractivity contribution in [3.8, 4) is 0 Å². The highest BCUT2D eigenvalue weighted by Crippen LogP contribution is 2.23. The van der Waals surface area contributed by atoms with Gasteiger partial charge in [-0.25, -0.2) is 0 Å². The highest BCUT2D eigenvalue weighted by atomic mass is 16.3. The van der Waals surface area contributed by atoms with E-state index in [4.69, 9.17) is 16.6 Å². The van der Waals surface area contributed by atoms with Crippen LogP contribution in [0, 0.1) is 5.92 Å². The van der Waals surface area contributed by atoms with Crippen LogP contribution in [0.15, 0.2) is 0 Å². The van der Waals surface area contributed by atoms with Crippen molar-refractivity contribution in [2.24, 2.45) is 17.4 Å². The largest absolute Gasteiger partial charge is 0.381 e. The summed E-state index contributed by atoms with van der Waals surface area (Å²) in [6.45, 7) is -0.125. The molecule has 0 aromatic carbocycles. The Labute approximate surface area is 88.0 Å². The Morgan fingerprint density at radius 3 is 2.60 bits per heavy atom. The van der Waals surface area contributed by atoms with E-state index >= 15 is 0 Å². The molecule has 1 rings (SSSR count). The Bertz CT molecular complexity index is 257. The maximum Gasteiger partial charge on any atom is 0.248 e. The molecular weight excluding hydrogens is 198 g/mol. The molecule has 1 saturated carbocycles. The van der Waals surface area contributed by atoms with Crippen molar-refractivity contribution in [2.45, 2.75) is 31.4 Å². The number of aliphatic hydroxyl groups excluding tert-OH is 1. The lowest BCUT2D eigenvalue weighted by Crippen LogP contribution is -2.41. The Hall–Kier alpha value is -1.14. The highest BCUT2D eigenvalue weighted by molar-refractivity contribution is 5.82. The normalized spacial score (nSPS) is 27.3. The van der Waals surface area contributed by atoms with Crippen molar-refractivity contribution in [1.29, 1.82) is 0 Å². The Kier molecular flexibility index (Phi) is 4.05. The number of carbonyl (C=O) groups excluding carboxylic acids is 2. The summed E-state index contributed by atoms with van der Waals surface area (Å²) >= 11 is 0. The van der Waals surface area contributed by atoms with Crippen molar-refractivity contribution < 1.29 is 14.7 Å². The van der Waals surface area contributed by atoms with Gasteiger partial charge in [-0.3, -0.25) is 9.59 Å². The first-order valence-electron chi connectivity index (χ1n) is 5.01. The minimum atomic E-state index is -1.32. The fourth-order valence-corrected chi connectivity index (χ4v) is 1.70. The summed E-state index contributed by atoms with van der Waals surface area (Å²) < 4.78 is 0. The molecule has 0 bridgehead atoms. The molecule has 6 heteroatoms. The van der Waals surface area contributed by atoms with Gasteiger partial charge >= 0.3 is 0 Å². The zero-order valence-electron chi connectivity index (χ0n) is 8.48. The summed E-state index contributed by atoms with van der Waals surface area (Å²) in [5.74, 6) is -1.10. The van der Waals surface area contributed by atoms with Crippen LogP contribution in [0.4, 0.5) is 0 Å². The minimum Gasteiger partial charge on any atom is -0.381 e. The summed E-state index contributed by atoms with van der Waals surface area (Å²) in [7, 11) is 0. The molecule has 0 spiro atoms. The smallest absolute Gasteiger partial charge is 0.248 e. The molecule has 2 amide bonds. The summed E-state index contributed by atoms with van der Waals surface area (Å²) in [4.78, 5) is 22.0. The number of rotatable bonds is 4. The third-order valence-electron chi connectivity index (χ3n) is 2.64. The lowest BCUT2D eigenvalue weighted by Gasteiger charge is -2.12. The van der Waals surface area contributed by atoms with Crippen molar-refractivity contribution >= 4 is 11.8 Å². The van der Waals surface area contributed by atoms with Gasteiger partial charge in [-0.2, -0.15) is 0 Å². The molecule has 1 aliphatic rings. The molecule has 86 valence electrons. The molecule has 6 nitrogen and oxygen atoms in total. The maximum atomic E-state index is 11.5. The molecule has 0 aromatic heterocycles. The van der Waals surface area contributed by atoms with Crippen LogP contribution in [0.2, 0.25) is 0 Å². The van der Waals surface area contributed by atoms with Gasteiger partial charge in [0.05, 0.1) is 6.54 Å². The average molecular weight is 215 g/mol. The molecule has 3 unspecified atom stereocenters. The molecule has 0 aromatic rings. The van der Waals surface area contributed by atoms with Gasteiger partial charge in [0.15, 0.2) is 0 Å². The van der Waals surface area contributed by atoms with Gasteiger partial charge in [0.1, 0.15) is 6.10 Å². The zero-order chi connectivity index (χ0) is 11.4. The van der Waals surface area contributed by atoms with Crippen molar-refractivity contribution in [3.05, 3.63) is 0 Å². The molecule has 0 aliphatic heterocycles. The number of hydrogen-bond donors (Lipinski definition) is 4. The van der Waals surface area contributed by atoms with E-state index in [0.29, 0.717) is 6.42 Å². The summed E-state index contributed by atoms with van der Waals surface area (Å²) in [6.07, 6.45) is 0.957. The molecule has 1 aliphatic carbocycles. The van der Waals surface area contributed by atoms with Crippen LogP contribution < -0.4 is 16.8 Å². The second kappa shape index (κ2) is 5.09. The maximum absolute atomic E-state index is 11.5. The number of primary amides is 1. The van der Waals surface area contributed by atoms with Crippen LogP contribution >= 0.6 is 0 Å². The van der Waals surface area contributed by atoms with E-state index in [9.17, 15) is 9.59 Å². The van der Waals surface area contributed by atoms with Crippen LogP contribution in [0.3, 0.4) is 0 Å². The highest BCUT2D eigenvalue weighted by Gasteiger charge is 2.28. The number of nitrogens with two attached hydrogens (primary N) is 2. The average Bonchev–Trinajstić information content (AvgIpc) is 2.60. The van der Waals surface area contributed by atoms with Gasteiger partial charge in [-0.05, 0) is 19.3 Å². The second-order valence-electron chi connectivity index (χ2n) is 3.93. The number of nitrogens with one attached hydrogen (secondary N) is 1. The fourth-order valence-electron chi connectivity index (χ4n) is 1.70. The van der Waals surface area contributed by atoms with E-state index < -0.39 is 12.0 Å². The van der Waals surface area contributed by atoms with Gasteiger partial charge < -0.3 is 21.9 Å². The summed E-state index contributed by atoms with van der Waals surface area (Å²) in [5.41, 5.74) is 10.5. The van der Waals surface area contributed by atoms with E-state index in [1.807, 2.05) is 0 Å². The first kappa shape index (κ1) is 11.9. The SMILES string of the molecule is NC(=O)C(O)CNC(=O)C1CCC(N)C1. The predicted octanol–water partition coefficient (Wildman–Crippen LogP) is -1.92. The third-order valence-corrected chi connectivity index (χ3v) is 2.64. The van der Waals surface area contributed by atoms with E-state index in [0.717, 1.165) is 12.8 Å². The van der Waals surface area contributed by atoms with Crippen LogP contribution in [0.5, 0.6) is 0 Å². The molecular formula is C9H17N3O3. The number of amides is 2. The quantitative estimate of drug-likeness (QED) is 0.437. The van der Waals surface area contributed by atoms with Crippen LogP contribution in [-0.2, 0) is 9.59 Å². The van der Waals surface area contributed by atoms with E-state index in [-0.39, 0.29) is 24.4 Å². The van der Waals surface area contributed by atoms with Crippen molar-refractivity contribution in [3.63, 3.8) is 0 Å². The second-order valence-corrected chi connectivity index (χ2v) is 3.93. The molecule has 15 heavy (non-hydrogen) atoms. The number of aliphatic hydroxyl groups is 1. The molecule has 0 radical (unpaired) electrons. The van der Waals surface area contributed by atoms with E-state index in [2.05, 4.69) is 5.32 Å². The van der Waals surface area contributed by atoms with Crippen LogP contribution in [0.25, 0.3) is 0 Å². The topological polar surface area (TPSA) is 118 Å². The Morgan fingerprint density at radius 1 is 1.47 bits per heavy atom. The lowest BCUT2D eigenvalue weighted by atomic mass is 10.1. The van der Waals surface area contributed by atoms with Gasteiger partial charge in [0, 0.05) is 12.0 Å². The standard InChI is InChI=1S/C9H17N3O3/c10-6-2-1-5(3-6)9(15)12-4-7(13)8(11)14/h5-7,13H,1-4,10H2,(H2,11,14)(H,12,15). The molecule has 0 heterocycles. The lowest BCUT2D eigenvalue weighted by molar-refractivity contribution is -0.128. The predicted molar refractivity (Wildman–Crippen MR) is 53.5 cm³/mol. The third kappa shape index (κ3) is 3.49. The summed E-state index contributed by atoms with van der Waals surface area (Å²) in [5, 5.41) is 11.5. The van der Waals surface area contributed by atoms with Gasteiger partial charge in [-0.15, -0.1) is 0 Å². The van der Waals surface area contributed by atoms with Crippen molar-refractivity contribution in [1.82, 2.24) is 5.32 Å². The van der Waals surface area contributed by atoms with Gasteiger partial charge in [0.25, 0.3) is 0 Å². The van der Waals surface area contributed by atoms with Crippen molar-refractivity contribution in [2.75, 3.05) is 6.54 Å². The summed E-state index contributed by atoms with van der Waals surface area (Å²) in [6, 6.07) is 0.0850. The number of hydrogen-bond acceptors (Lipinski definition) is 4. The zero-order valence-corrected chi connectivity index (χ0v) is 8.48. The molecule has 3 atom stereocenters. The molecule has 1 fully saturated rings. The van der Waals surface area contributed by atoms with Gasteiger partial charge in [0.2, 0.25) is 11.8 Å². The molecule has 6 N–H and O–H groups in total. The van der Waals surface area contributed by atoms with Crippen LogP contribution in [0.1, 0.15) is 19.3 Å². The minimum absolute atomic E-state index is 0.0850.